The van der Waals surface area contributed by atoms with Crippen molar-refractivity contribution in [2.45, 2.75) is 6.42 Å². The number of carbonyl (C=O) groups excluding carboxylic acids is 1. The minimum atomic E-state index is -0.984. The van der Waals surface area contributed by atoms with Gasteiger partial charge in [0, 0.05) is 16.1 Å². The Morgan fingerprint density at radius 2 is 2.00 bits per heavy atom. The molecule has 2 rings (SSSR count). The molecule has 0 aliphatic heterocycles. The Hall–Kier alpha value is -2.59. The van der Waals surface area contributed by atoms with E-state index in [0.717, 1.165) is 5.56 Å². The highest BCUT2D eigenvalue weighted by Crippen LogP contribution is 2.21. The summed E-state index contributed by atoms with van der Waals surface area (Å²) in [6.07, 6.45) is 2.88. The highest BCUT2D eigenvalue weighted by atomic mass is 35.5. The van der Waals surface area contributed by atoms with Crippen LogP contribution in [0.25, 0.3) is 6.08 Å². The van der Waals surface area contributed by atoms with Gasteiger partial charge in [-0.3, -0.25) is 9.59 Å². The molecule has 2 aromatic carbocycles. The molecule has 4 nitrogen and oxygen atoms in total. The number of carboxylic acid groups (broad SMARTS) is 1. The second-order valence-corrected chi connectivity index (χ2v) is 5.29. The van der Waals surface area contributed by atoms with Crippen molar-refractivity contribution in [2.75, 3.05) is 7.11 Å². The molecule has 2 aromatic rings. The molecule has 0 saturated carbocycles. The van der Waals surface area contributed by atoms with Crippen LogP contribution in [0.4, 0.5) is 0 Å². The van der Waals surface area contributed by atoms with Crippen molar-refractivity contribution in [1.29, 1.82) is 0 Å². The Bertz CT molecular complexity index is 765. The van der Waals surface area contributed by atoms with Crippen LogP contribution < -0.4 is 4.74 Å². The zero-order chi connectivity index (χ0) is 16.8. The number of carboxylic acids is 1. The number of aliphatic carboxylic acids is 1. The lowest BCUT2D eigenvalue weighted by Crippen LogP contribution is -2.04. The smallest absolute Gasteiger partial charge is 0.307 e. The van der Waals surface area contributed by atoms with Crippen molar-refractivity contribution in [3.63, 3.8) is 0 Å². The average molecular weight is 331 g/mol. The van der Waals surface area contributed by atoms with E-state index in [-0.39, 0.29) is 12.2 Å². The lowest BCUT2D eigenvalue weighted by molar-refractivity contribution is -0.136. The van der Waals surface area contributed by atoms with Crippen molar-refractivity contribution in [3.8, 4) is 5.75 Å². The maximum atomic E-state index is 12.2. The van der Waals surface area contributed by atoms with E-state index in [9.17, 15) is 9.59 Å². The third-order valence-corrected chi connectivity index (χ3v) is 3.42. The lowest BCUT2D eigenvalue weighted by atomic mass is 10.0. The maximum Gasteiger partial charge on any atom is 0.307 e. The predicted molar refractivity (Wildman–Crippen MR) is 89.2 cm³/mol. The molecule has 0 bridgehead atoms. The quantitative estimate of drug-likeness (QED) is 0.645. The largest absolute Gasteiger partial charge is 0.496 e. The fraction of sp³-hybridized carbons (Fsp3) is 0.111. The monoisotopic (exact) mass is 330 g/mol. The van der Waals surface area contributed by atoms with E-state index in [1.54, 1.807) is 36.4 Å². The van der Waals surface area contributed by atoms with Crippen LogP contribution in [0.15, 0.2) is 48.5 Å². The van der Waals surface area contributed by atoms with Gasteiger partial charge in [-0.25, -0.2) is 0 Å². The maximum absolute atomic E-state index is 12.2. The number of rotatable bonds is 6. The van der Waals surface area contributed by atoms with Gasteiger partial charge < -0.3 is 9.84 Å². The van der Waals surface area contributed by atoms with Gasteiger partial charge in [0.25, 0.3) is 0 Å². The fourth-order valence-corrected chi connectivity index (χ4v) is 2.31. The topological polar surface area (TPSA) is 63.6 Å². The Morgan fingerprint density at radius 1 is 1.22 bits per heavy atom. The second-order valence-electron chi connectivity index (χ2n) is 4.85. The van der Waals surface area contributed by atoms with Crippen LogP contribution in [0.1, 0.15) is 21.5 Å². The number of ketones is 1. The van der Waals surface area contributed by atoms with Crippen molar-refractivity contribution in [2.24, 2.45) is 0 Å². The Kier molecular flexibility index (Phi) is 5.55. The molecule has 0 aliphatic carbocycles. The van der Waals surface area contributed by atoms with Crippen LogP contribution in [-0.2, 0) is 11.2 Å². The number of halogens is 1. The molecule has 0 amide bonds. The van der Waals surface area contributed by atoms with E-state index in [4.69, 9.17) is 21.4 Å². The summed E-state index contributed by atoms with van der Waals surface area (Å²) in [7, 11) is 1.46. The molecule has 0 aromatic heterocycles. The molecule has 23 heavy (non-hydrogen) atoms. The first-order valence-electron chi connectivity index (χ1n) is 6.86. The number of ether oxygens (including phenoxy) is 1. The number of carbonyl (C=O) groups is 2. The van der Waals surface area contributed by atoms with E-state index in [0.29, 0.717) is 21.9 Å². The van der Waals surface area contributed by atoms with Gasteiger partial charge in [-0.1, -0.05) is 29.8 Å². The van der Waals surface area contributed by atoms with Gasteiger partial charge in [0.05, 0.1) is 13.5 Å². The van der Waals surface area contributed by atoms with E-state index in [1.165, 1.54) is 19.3 Å². The van der Waals surface area contributed by atoms with Crippen LogP contribution in [0.3, 0.4) is 0 Å². The fourth-order valence-electron chi connectivity index (χ4n) is 2.11. The summed E-state index contributed by atoms with van der Waals surface area (Å²) in [4.78, 5) is 23.1. The first-order chi connectivity index (χ1) is 11.0. The summed E-state index contributed by atoms with van der Waals surface area (Å²) in [5.41, 5.74) is 1.67. The number of hydrogen-bond acceptors (Lipinski definition) is 3. The second kappa shape index (κ2) is 7.61. The van der Waals surface area contributed by atoms with Crippen LogP contribution in [0.5, 0.6) is 5.75 Å². The lowest BCUT2D eigenvalue weighted by Gasteiger charge is -2.08. The van der Waals surface area contributed by atoms with Crippen molar-refractivity contribution in [3.05, 3.63) is 70.3 Å². The molecule has 0 aliphatic rings. The Morgan fingerprint density at radius 3 is 2.65 bits per heavy atom. The summed E-state index contributed by atoms with van der Waals surface area (Å²) in [5.74, 6) is -0.760. The number of allylic oxidation sites excluding steroid dienone is 1. The first kappa shape index (κ1) is 16.8. The standard InChI is InChI=1S/C18H15ClO4/c1-23-17-8-6-13(10-14(17)11-18(21)22)16(20)7-5-12-3-2-4-15(19)9-12/h2-10H,11H2,1H3,(H,21,22)/b7-5+. The van der Waals surface area contributed by atoms with Crippen LogP contribution >= 0.6 is 11.6 Å². The van der Waals surface area contributed by atoms with Gasteiger partial charge in [0.15, 0.2) is 5.78 Å². The molecule has 1 N–H and O–H groups in total. The first-order valence-corrected chi connectivity index (χ1v) is 7.24. The molecule has 0 unspecified atom stereocenters. The van der Waals surface area contributed by atoms with E-state index in [2.05, 4.69) is 0 Å². The Labute approximate surface area is 139 Å². The van der Waals surface area contributed by atoms with Crippen molar-refractivity contribution >= 4 is 29.4 Å². The Balaban J connectivity index is 2.23. The third-order valence-electron chi connectivity index (χ3n) is 3.18. The summed E-state index contributed by atoms with van der Waals surface area (Å²) < 4.78 is 5.12. The normalized spacial score (nSPS) is 10.7. The van der Waals surface area contributed by atoms with Crippen molar-refractivity contribution < 1.29 is 19.4 Å². The summed E-state index contributed by atoms with van der Waals surface area (Å²) in [6.45, 7) is 0. The molecule has 0 atom stereocenters. The van der Waals surface area contributed by atoms with E-state index in [1.807, 2.05) is 6.07 Å². The number of methoxy groups -OCH3 is 1. The van der Waals surface area contributed by atoms with Gasteiger partial charge in [0.1, 0.15) is 5.75 Å². The average Bonchev–Trinajstić information content (AvgIpc) is 2.52. The minimum Gasteiger partial charge on any atom is -0.496 e. The van der Waals surface area contributed by atoms with Gasteiger partial charge in [-0.2, -0.15) is 0 Å². The van der Waals surface area contributed by atoms with Gasteiger partial charge in [-0.05, 0) is 42.0 Å². The van der Waals surface area contributed by atoms with Crippen LogP contribution in [-0.4, -0.2) is 24.0 Å². The zero-order valence-corrected chi connectivity index (χ0v) is 13.2. The van der Waals surface area contributed by atoms with Gasteiger partial charge in [0.2, 0.25) is 0 Å². The minimum absolute atomic E-state index is 0.206. The molecular weight excluding hydrogens is 316 g/mol. The molecule has 0 heterocycles. The van der Waals surface area contributed by atoms with Crippen LogP contribution in [0.2, 0.25) is 5.02 Å². The predicted octanol–water partition coefficient (Wildman–Crippen LogP) is 3.87. The molecule has 0 fully saturated rings. The highest BCUT2D eigenvalue weighted by Gasteiger charge is 2.11. The van der Waals surface area contributed by atoms with E-state index >= 15 is 0 Å². The van der Waals surface area contributed by atoms with Crippen molar-refractivity contribution in [1.82, 2.24) is 0 Å². The van der Waals surface area contributed by atoms with Gasteiger partial charge >= 0.3 is 5.97 Å². The zero-order valence-electron chi connectivity index (χ0n) is 12.5. The van der Waals surface area contributed by atoms with Crippen LogP contribution in [0, 0.1) is 0 Å². The molecule has 0 saturated heterocycles. The number of benzene rings is 2. The molecule has 0 spiro atoms. The molecule has 118 valence electrons. The number of hydrogen-bond donors (Lipinski definition) is 1. The SMILES string of the molecule is COc1ccc(C(=O)/C=C/c2cccc(Cl)c2)cc1CC(=O)O. The third kappa shape index (κ3) is 4.69. The summed E-state index contributed by atoms with van der Waals surface area (Å²) in [5, 5.41) is 9.52. The van der Waals surface area contributed by atoms with Gasteiger partial charge in [-0.15, -0.1) is 0 Å². The summed E-state index contributed by atoms with van der Waals surface area (Å²) in [6, 6.07) is 11.9. The summed E-state index contributed by atoms with van der Waals surface area (Å²) >= 11 is 5.89. The molecular formula is C18H15ClO4. The highest BCUT2D eigenvalue weighted by molar-refractivity contribution is 6.30. The van der Waals surface area contributed by atoms with E-state index < -0.39 is 5.97 Å². The molecule has 0 radical (unpaired) electrons. The molecule has 5 heteroatoms.